The van der Waals surface area contributed by atoms with Gasteiger partial charge in [-0.15, -0.1) is 10.2 Å². The number of hydrogen-bond acceptors (Lipinski definition) is 4. The van der Waals surface area contributed by atoms with Crippen LogP contribution in [0.25, 0.3) is 0 Å². The highest BCUT2D eigenvalue weighted by Gasteiger charge is 2.33. The van der Waals surface area contributed by atoms with Crippen LogP contribution in [0.1, 0.15) is 31.1 Å². The molecule has 0 saturated heterocycles. The largest absolute Gasteiger partial charge is 0.480 e. The highest BCUT2D eigenvalue weighted by atomic mass is 35.5. The summed E-state index contributed by atoms with van der Waals surface area (Å²) in [5, 5.41) is 18.3. The fraction of sp³-hybridized carbons (Fsp3) is 0.455. The van der Waals surface area contributed by atoms with Crippen molar-refractivity contribution in [1.29, 1.82) is 0 Å². The molecular formula is C11H13Cl2N3O3. The van der Waals surface area contributed by atoms with Crippen molar-refractivity contribution in [2.75, 3.05) is 0 Å². The van der Waals surface area contributed by atoms with E-state index in [4.69, 9.17) is 28.3 Å². The van der Waals surface area contributed by atoms with Gasteiger partial charge in [0.2, 0.25) is 0 Å². The van der Waals surface area contributed by atoms with Crippen LogP contribution < -0.4 is 5.32 Å². The number of rotatable bonds is 3. The molecule has 1 amide bonds. The SMILES string of the molecule is CC(C)(C)[C@@H](NC(=O)c1cc(Cl)nnc1Cl)C(=O)O. The first-order valence-corrected chi connectivity index (χ1v) is 6.11. The zero-order chi connectivity index (χ0) is 14.8. The van der Waals surface area contributed by atoms with E-state index in [2.05, 4.69) is 15.5 Å². The molecule has 19 heavy (non-hydrogen) atoms. The summed E-state index contributed by atoms with van der Waals surface area (Å²) >= 11 is 11.3. The quantitative estimate of drug-likeness (QED) is 0.891. The zero-order valence-corrected chi connectivity index (χ0v) is 12.1. The summed E-state index contributed by atoms with van der Waals surface area (Å²) in [6.45, 7) is 5.10. The van der Waals surface area contributed by atoms with Crippen molar-refractivity contribution in [3.05, 3.63) is 21.9 Å². The van der Waals surface area contributed by atoms with Gasteiger partial charge in [-0.2, -0.15) is 0 Å². The Morgan fingerprint density at radius 2 is 1.89 bits per heavy atom. The van der Waals surface area contributed by atoms with Crippen LogP contribution in [0.2, 0.25) is 10.3 Å². The van der Waals surface area contributed by atoms with Gasteiger partial charge in [0.05, 0.1) is 5.56 Å². The van der Waals surface area contributed by atoms with Crippen LogP contribution in [0, 0.1) is 5.41 Å². The Morgan fingerprint density at radius 3 is 2.37 bits per heavy atom. The third-order valence-corrected chi connectivity index (χ3v) is 2.82. The first-order chi connectivity index (χ1) is 8.62. The van der Waals surface area contributed by atoms with Gasteiger partial charge in [0.15, 0.2) is 10.3 Å². The molecule has 0 aromatic carbocycles. The van der Waals surface area contributed by atoms with Gasteiger partial charge in [-0.05, 0) is 11.5 Å². The van der Waals surface area contributed by atoms with Gasteiger partial charge in [0.1, 0.15) is 6.04 Å². The van der Waals surface area contributed by atoms with E-state index in [1.807, 2.05) is 0 Å². The molecule has 2 N–H and O–H groups in total. The molecule has 104 valence electrons. The van der Waals surface area contributed by atoms with Gasteiger partial charge >= 0.3 is 5.97 Å². The summed E-state index contributed by atoms with van der Waals surface area (Å²) in [5.74, 6) is -1.80. The van der Waals surface area contributed by atoms with Gasteiger partial charge in [-0.3, -0.25) is 4.79 Å². The molecule has 8 heteroatoms. The second-order valence-electron chi connectivity index (χ2n) is 4.98. The number of carboxylic acid groups (broad SMARTS) is 1. The number of nitrogens with one attached hydrogen (secondary N) is 1. The topological polar surface area (TPSA) is 92.2 Å². The Kier molecular flexibility index (Phi) is 4.70. The highest BCUT2D eigenvalue weighted by Crippen LogP contribution is 2.21. The molecule has 1 aromatic rings. The maximum absolute atomic E-state index is 12.0. The predicted molar refractivity (Wildman–Crippen MR) is 70.4 cm³/mol. The van der Waals surface area contributed by atoms with E-state index in [1.54, 1.807) is 20.8 Å². The number of carbonyl (C=O) groups excluding carboxylic acids is 1. The number of halogens is 2. The monoisotopic (exact) mass is 305 g/mol. The van der Waals surface area contributed by atoms with E-state index >= 15 is 0 Å². The summed E-state index contributed by atoms with van der Waals surface area (Å²) in [6.07, 6.45) is 0. The molecule has 0 aliphatic rings. The molecule has 0 spiro atoms. The zero-order valence-electron chi connectivity index (χ0n) is 10.6. The van der Waals surface area contributed by atoms with Crippen molar-refractivity contribution in [3.63, 3.8) is 0 Å². The average molecular weight is 306 g/mol. The molecule has 6 nitrogen and oxygen atoms in total. The molecule has 1 heterocycles. The highest BCUT2D eigenvalue weighted by molar-refractivity contribution is 6.34. The van der Waals surface area contributed by atoms with Gasteiger partial charge < -0.3 is 10.4 Å². The fourth-order valence-corrected chi connectivity index (χ4v) is 1.69. The van der Waals surface area contributed by atoms with Gasteiger partial charge in [0.25, 0.3) is 5.91 Å². The summed E-state index contributed by atoms with van der Waals surface area (Å²) in [7, 11) is 0. The number of hydrogen-bond donors (Lipinski definition) is 2. The minimum absolute atomic E-state index is 0.00261. The van der Waals surface area contributed by atoms with Crippen LogP contribution >= 0.6 is 23.2 Å². The Morgan fingerprint density at radius 1 is 1.32 bits per heavy atom. The Balaban J connectivity index is 3.01. The summed E-state index contributed by atoms with van der Waals surface area (Å²) in [6, 6.07) is 0.163. The van der Waals surface area contributed by atoms with E-state index < -0.39 is 23.3 Å². The van der Waals surface area contributed by atoms with E-state index in [9.17, 15) is 9.59 Å². The molecule has 0 aliphatic carbocycles. The summed E-state index contributed by atoms with van der Waals surface area (Å²) in [4.78, 5) is 23.2. The molecule has 1 aromatic heterocycles. The fourth-order valence-electron chi connectivity index (χ4n) is 1.37. The first-order valence-electron chi connectivity index (χ1n) is 5.35. The van der Waals surface area contributed by atoms with E-state index in [0.29, 0.717) is 0 Å². The van der Waals surface area contributed by atoms with Crippen molar-refractivity contribution < 1.29 is 14.7 Å². The molecular weight excluding hydrogens is 293 g/mol. The molecule has 1 rings (SSSR count). The third kappa shape index (κ3) is 4.04. The maximum Gasteiger partial charge on any atom is 0.326 e. The lowest BCUT2D eigenvalue weighted by molar-refractivity contribution is -0.142. The van der Waals surface area contributed by atoms with Crippen molar-refractivity contribution >= 4 is 35.1 Å². The lowest BCUT2D eigenvalue weighted by atomic mass is 9.86. The van der Waals surface area contributed by atoms with Gasteiger partial charge in [-0.25, -0.2) is 4.79 Å². The van der Waals surface area contributed by atoms with Crippen LogP contribution in [-0.2, 0) is 4.79 Å². The first kappa shape index (κ1) is 15.7. The molecule has 0 bridgehead atoms. The minimum atomic E-state index is -1.13. The number of aromatic nitrogens is 2. The summed E-state index contributed by atoms with van der Waals surface area (Å²) in [5.41, 5.74) is -0.671. The van der Waals surface area contributed by atoms with Crippen molar-refractivity contribution in [1.82, 2.24) is 15.5 Å². The number of carbonyl (C=O) groups is 2. The van der Waals surface area contributed by atoms with Crippen LogP contribution in [0.5, 0.6) is 0 Å². The normalized spacial score (nSPS) is 12.9. The molecule has 1 atom stereocenters. The van der Waals surface area contributed by atoms with Crippen LogP contribution in [0.15, 0.2) is 6.07 Å². The lowest BCUT2D eigenvalue weighted by Gasteiger charge is -2.27. The van der Waals surface area contributed by atoms with Crippen molar-refractivity contribution in [3.8, 4) is 0 Å². The van der Waals surface area contributed by atoms with Crippen molar-refractivity contribution in [2.24, 2.45) is 5.41 Å². The third-order valence-electron chi connectivity index (χ3n) is 2.35. The van der Waals surface area contributed by atoms with Gasteiger partial charge in [-0.1, -0.05) is 44.0 Å². The summed E-state index contributed by atoms with van der Waals surface area (Å²) < 4.78 is 0. The van der Waals surface area contributed by atoms with Crippen LogP contribution in [0.3, 0.4) is 0 Å². The number of carboxylic acids is 1. The molecule has 0 radical (unpaired) electrons. The minimum Gasteiger partial charge on any atom is -0.480 e. The average Bonchev–Trinajstić information content (AvgIpc) is 2.26. The Hall–Kier alpha value is -1.40. The molecule has 0 unspecified atom stereocenters. The van der Waals surface area contributed by atoms with E-state index in [1.165, 1.54) is 6.07 Å². The lowest BCUT2D eigenvalue weighted by Crippen LogP contribution is -2.49. The van der Waals surface area contributed by atoms with Crippen LogP contribution in [0.4, 0.5) is 0 Å². The maximum atomic E-state index is 12.0. The number of aliphatic carboxylic acids is 1. The van der Waals surface area contributed by atoms with Crippen LogP contribution in [-0.4, -0.2) is 33.2 Å². The smallest absolute Gasteiger partial charge is 0.326 e. The Bertz CT molecular complexity index is 514. The Labute approximate surface area is 120 Å². The van der Waals surface area contributed by atoms with Crippen molar-refractivity contribution in [2.45, 2.75) is 26.8 Å². The molecule has 0 saturated carbocycles. The number of nitrogens with zero attached hydrogens (tertiary/aromatic N) is 2. The predicted octanol–water partition coefficient (Wildman–Crippen LogP) is 2.01. The number of amides is 1. The molecule has 0 fully saturated rings. The van der Waals surface area contributed by atoms with E-state index in [0.717, 1.165) is 0 Å². The van der Waals surface area contributed by atoms with Gasteiger partial charge in [0, 0.05) is 0 Å². The standard InChI is InChI=1S/C11H13Cl2N3O3/c1-11(2,3)7(10(18)19)14-9(17)5-4-6(12)15-16-8(5)13/h4,7H,1-3H3,(H,14,17)(H,18,19)/t7-/m0/s1. The second kappa shape index (κ2) is 5.71. The van der Waals surface area contributed by atoms with E-state index in [-0.39, 0.29) is 15.9 Å². The second-order valence-corrected chi connectivity index (χ2v) is 5.73. The molecule has 0 aliphatic heterocycles.